The second-order valence-electron chi connectivity index (χ2n) is 24.3. The van der Waals surface area contributed by atoms with E-state index in [4.69, 9.17) is 52.2 Å². The molecule has 0 saturated carbocycles. The number of hydrogen-bond acceptors (Lipinski definition) is 31. The second-order valence-corrected chi connectivity index (χ2v) is 26.8. The molecule has 0 unspecified atom stereocenters. The van der Waals surface area contributed by atoms with Crippen molar-refractivity contribution >= 4 is 61.2 Å². The third-order valence-corrected chi connectivity index (χ3v) is 18.0. The molecule has 8 N–H and O–H groups in total. The van der Waals surface area contributed by atoms with Crippen LogP contribution in [0.3, 0.4) is 0 Å². The van der Waals surface area contributed by atoms with Crippen LogP contribution in [0.15, 0.2) is 50.8 Å². The largest absolute Gasteiger partial charge is 0.469 e. The Kier molecular flexibility index (Phi) is 31.8. The van der Waals surface area contributed by atoms with Crippen molar-refractivity contribution in [2.45, 2.75) is 118 Å². The number of phosphoric acid groups is 2. The van der Waals surface area contributed by atoms with E-state index in [-0.39, 0.29) is 105 Å². The zero-order valence-electron chi connectivity index (χ0n) is 60.3. The average Bonchev–Trinajstić information content (AvgIpc) is 1.59. The lowest BCUT2D eigenvalue weighted by molar-refractivity contribution is -0.151. The van der Waals surface area contributed by atoms with Crippen molar-refractivity contribution in [1.29, 1.82) is 0 Å². The van der Waals surface area contributed by atoms with Gasteiger partial charge in [-0.1, -0.05) is 13.8 Å². The minimum atomic E-state index is -4.88. The summed E-state index contributed by atoms with van der Waals surface area (Å²) in [4.78, 5) is 90.2. The molecule has 105 heavy (non-hydrogen) atoms. The molecule has 9 rings (SSSR count). The molecule has 9 atom stereocenters. The number of aryl methyl sites for hydroxylation is 9. The quantitative estimate of drug-likeness (QED) is 0.0202. The molecule has 6 aromatic heterocycles. The van der Waals surface area contributed by atoms with E-state index in [1.54, 1.807) is 37.7 Å². The van der Waals surface area contributed by atoms with E-state index in [1.807, 2.05) is 72.7 Å². The highest BCUT2D eigenvalue weighted by Crippen LogP contribution is 2.38. The monoisotopic (exact) mass is 1540 g/mol. The van der Waals surface area contributed by atoms with Gasteiger partial charge >= 0.3 is 15.6 Å². The van der Waals surface area contributed by atoms with Gasteiger partial charge in [0.2, 0.25) is 17.5 Å². The zero-order valence-corrected chi connectivity index (χ0v) is 62.9. The van der Waals surface area contributed by atoms with Crippen LogP contribution in [0.25, 0.3) is 67.7 Å². The highest BCUT2D eigenvalue weighted by molar-refractivity contribution is 7.46. The summed E-state index contributed by atoms with van der Waals surface area (Å²) in [5.74, 6) is -0.306. The summed E-state index contributed by atoms with van der Waals surface area (Å²) in [6.45, 7) is 13.0. The van der Waals surface area contributed by atoms with Crippen LogP contribution in [0.2, 0.25) is 0 Å². The van der Waals surface area contributed by atoms with Crippen LogP contribution in [-0.4, -0.2) is 247 Å². The van der Waals surface area contributed by atoms with Crippen LogP contribution >= 0.6 is 28.1 Å². The number of aliphatic hydroxyl groups is 4. The Bertz CT molecular complexity index is 4660. The van der Waals surface area contributed by atoms with Gasteiger partial charge in [-0.25, -0.2) is 38.1 Å². The van der Waals surface area contributed by atoms with Crippen molar-refractivity contribution in [3.63, 3.8) is 0 Å². The smallest absolute Gasteiger partial charge is 0.394 e. The normalized spacial score (nSPS) is 14.6. The number of methoxy groups -OCH3 is 4. The highest BCUT2D eigenvalue weighted by Gasteiger charge is 2.35. The molecule has 578 valence electrons. The first-order chi connectivity index (χ1) is 49.2. The average molecular weight is 1540 g/mol. The van der Waals surface area contributed by atoms with Gasteiger partial charge in [-0.05, 0) is 143 Å². The van der Waals surface area contributed by atoms with E-state index < -0.39 is 95.2 Å². The van der Waals surface area contributed by atoms with Gasteiger partial charge in [-0.3, -0.25) is 23.4 Å². The van der Waals surface area contributed by atoms with Gasteiger partial charge in [0, 0.05) is 61.4 Å². The number of tetrazole rings is 3. The van der Waals surface area contributed by atoms with E-state index in [0.717, 1.165) is 33.4 Å². The number of aliphatic hydroxyl groups excluding tert-OH is 4. The molecule has 0 amide bonds. The number of hydrogen-bond donors (Lipinski definition) is 8. The predicted molar refractivity (Wildman–Crippen MR) is 373 cm³/mol. The summed E-state index contributed by atoms with van der Waals surface area (Å²) < 4.78 is 82.7. The third-order valence-electron chi connectivity index (χ3n) is 17.0. The van der Waals surface area contributed by atoms with Crippen molar-refractivity contribution in [3.05, 3.63) is 101 Å². The topological polar surface area (TPSA) is 524 Å². The number of benzene rings is 3. The first kappa shape index (κ1) is 86.2. The molecule has 0 saturated heterocycles. The first-order valence-electron chi connectivity index (χ1n) is 31.9. The number of halogens is 1. The van der Waals surface area contributed by atoms with Gasteiger partial charge in [0.1, 0.15) is 45.5 Å². The zero-order chi connectivity index (χ0) is 76.7. The van der Waals surface area contributed by atoms with Crippen molar-refractivity contribution < 1.29 is 96.1 Å². The number of aromatic nitrogens is 18. The Morgan fingerprint density at radius 2 is 0.733 bits per heavy atom. The summed E-state index contributed by atoms with van der Waals surface area (Å²) >= 11 is 0. The Hall–Kier alpha value is -7.68. The molecule has 44 heteroatoms. The van der Waals surface area contributed by atoms with Crippen LogP contribution in [0.5, 0.6) is 0 Å². The lowest BCUT2D eigenvalue weighted by Gasteiger charge is -2.31. The predicted octanol–water partition coefficient (Wildman–Crippen LogP) is 0.556. The molecule has 0 aliphatic heterocycles. The second kappa shape index (κ2) is 38.7. The third kappa shape index (κ3) is 22.2. The summed E-state index contributed by atoms with van der Waals surface area (Å²) in [7, 11) is 1.03. The first-order valence-corrected chi connectivity index (χ1v) is 34.9. The summed E-state index contributed by atoms with van der Waals surface area (Å²) in [6.07, 6.45) is -8.09. The molecule has 3 aromatic carbocycles. The maximum absolute atomic E-state index is 13.8. The Morgan fingerprint density at radius 1 is 0.438 bits per heavy atom. The van der Waals surface area contributed by atoms with Crippen molar-refractivity contribution in [3.8, 4) is 34.6 Å². The molecule has 0 fully saturated rings. The highest BCUT2D eigenvalue weighted by atomic mass is 35.5. The lowest BCUT2D eigenvalue weighted by Crippen LogP contribution is -2.43. The Labute approximate surface area is 605 Å². The van der Waals surface area contributed by atoms with Crippen LogP contribution in [-0.2, 0) is 96.8 Å². The number of phosphoric ester groups is 2. The molecule has 9 aromatic rings. The standard InChI is InChI=1S/C22H33N6O9P.C22H32N6O6.C17H23N6O8P.ClH/c1-13-7-16-17(8-14(13)2)28(22(29)20(23-16)21-24-25-26-27(21)4)9-18(35-11-33-5)15(3)19(36-12-34-6)10-37-38(30,31)32;1-13-7-16-17(8-14(13)2)28(22(30)20(23-16)21-24-25-26-27(21)4)9-18(33-11-31-5)15(3)19(10-29)34-12-32-6;1-8-4-10-11(5-9(8)2)23(17(27)14(18-10)16-19-20-21-22(16)3)6-12(24)15(26)13(25)7-31-32(28,29)30;/h7-8,15,18-19H,9-12H2,1-6H3,(H2,30,31,32);7-8,15,18-19,29H,9-12H2,1-6H3;4-5,12-13,15,24-26H,6-7H2,1-3H3,(H2,28,29,30);1H/t2*15-,18-,19+;12-,13+,15-;/m000./s1. The maximum Gasteiger partial charge on any atom is 0.469 e. The van der Waals surface area contributed by atoms with Gasteiger partial charge in [0.25, 0.3) is 16.7 Å². The van der Waals surface area contributed by atoms with Crippen molar-refractivity contribution in [2.75, 3.05) is 75.4 Å². The minimum Gasteiger partial charge on any atom is -0.394 e. The number of nitrogens with zero attached hydrogens (tertiary/aromatic N) is 18. The fourth-order valence-corrected chi connectivity index (χ4v) is 11.4. The fraction of sp³-hybridized carbons (Fsp3) is 0.557. The van der Waals surface area contributed by atoms with Crippen LogP contribution < -0.4 is 16.7 Å². The maximum atomic E-state index is 13.8. The Morgan fingerprint density at radius 3 is 1.04 bits per heavy atom. The van der Waals surface area contributed by atoms with Crippen LogP contribution in [0.1, 0.15) is 47.2 Å². The van der Waals surface area contributed by atoms with E-state index in [1.165, 1.54) is 58.7 Å². The molecule has 0 aliphatic carbocycles. The molecule has 41 nitrogen and oxygen atoms in total. The van der Waals surface area contributed by atoms with E-state index in [2.05, 4.69) is 66.1 Å². The van der Waals surface area contributed by atoms with Crippen LogP contribution in [0.4, 0.5) is 0 Å². The minimum absolute atomic E-state index is 0. The van der Waals surface area contributed by atoms with Gasteiger partial charge in [0.05, 0.1) is 97.0 Å². The SMILES string of the molecule is COCO[C@@H](Cn1c(=O)c(-c2nnnn2C)nc2cc(C)c(C)cc21)[C@H](C)[C@@H](CO)OCOC.COCO[C@@H](Cn1c(=O)c(-c2nnnn2C)nc2cc(C)c(C)cc21)[C@H](C)[C@@H](COP(=O)(O)O)OCOC.Cc1cc2nc(-c3nnnn3C)c(=O)n(C[C@H](O)[C@H](O)[C@H](O)COP(=O)(O)O)c2cc1C.Cl. The Balaban J connectivity index is 0.000000247. The summed E-state index contributed by atoms with van der Waals surface area (Å²) in [6, 6.07) is 11.1. The van der Waals surface area contributed by atoms with Gasteiger partial charge < -0.3 is 91.6 Å². The number of fused-ring (bicyclic) bond motifs is 3. The fourth-order valence-electron chi connectivity index (χ4n) is 10.7. The van der Waals surface area contributed by atoms with Crippen molar-refractivity contribution in [2.24, 2.45) is 33.0 Å². The molecule has 6 heterocycles. The van der Waals surface area contributed by atoms with E-state index >= 15 is 0 Å². The summed E-state index contributed by atoms with van der Waals surface area (Å²) in [5.41, 5.74) is 7.62. The van der Waals surface area contributed by atoms with Crippen LogP contribution in [0, 0.1) is 53.4 Å². The van der Waals surface area contributed by atoms with Gasteiger partial charge in [0.15, 0.2) is 17.1 Å². The lowest BCUT2D eigenvalue weighted by atomic mass is 9.97. The molecular weight excluding hydrogens is 1450 g/mol. The molecule has 0 aliphatic rings. The van der Waals surface area contributed by atoms with Gasteiger partial charge in [-0.2, -0.15) is 0 Å². The number of ether oxygens (including phenoxy) is 8. The molecule has 0 radical (unpaired) electrons. The van der Waals surface area contributed by atoms with Gasteiger partial charge in [-0.15, -0.1) is 27.7 Å². The molecular formula is C61H89ClN18O23P2. The van der Waals surface area contributed by atoms with E-state index in [9.17, 15) is 53.7 Å². The molecule has 0 bridgehead atoms. The number of rotatable bonds is 34. The van der Waals surface area contributed by atoms with Crippen molar-refractivity contribution in [1.82, 2.24) is 89.3 Å². The summed E-state index contributed by atoms with van der Waals surface area (Å²) in [5, 5.41) is 74.4. The van der Waals surface area contributed by atoms with E-state index in [0.29, 0.717) is 33.1 Å². The molecule has 0 spiro atoms.